The maximum Gasteiger partial charge on any atom is 0.165 e. The Morgan fingerprint density at radius 1 is 0.853 bits per heavy atom. The molecule has 0 aliphatic carbocycles. The van der Waals surface area contributed by atoms with E-state index in [0.29, 0.717) is 12.8 Å². The van der Waals surface area contributed by atoms with Crippen molar-refractivity contribution in [2.75, 3.05) is 45.9 Å². The van der Waals surface area contributed by atoms with Crippen LogP contribution in [0.4, 0.5) is 4.39 Å². The lowest BCUT2D eigenvalue weighted by molar-refractivity contribution is -0.0177. The normalized spacial score (nSPS) is 22.3. The summed E-state index contributed by atoms with van der Waals surface area (Å²) in [5.74, 6) is 0.737. The van der Waals surface area contributed by atoms with Crippen molar-refractivity contribution in [1.82, 2.24) is 9.80 Å². The van der Waals surface area contributed by atoms with E-state index in [1.807, 2.05) is 6.07 Å². The van der Waals surface area contributed by atoms with Crippen LogP contribution in [-0.2, 0) is 6.54 Å². The van der Waals surface area contributed by atoms with Crippen molar-refractivity contribution >= 4 is 0 Å². The number of piperidine rings is 1. The van der Waals surface area contributed by atoms with Crippen molar-refractivity contribution in [2.24, 2.45) is 0 Å². The van der Waals surface area contributed by atoms with Crippen LogP contribution in [0.1, 0.15) is 50.5 Å². The van der Waals surface area contributed by atoms with Gasteiger partial charge >= 0.3 is 0 Å². The van der Waals surface area contributed by atoms with E-state index >= 15 is 0 Å². The highest BCUT2D eigenvalue weighted by molar-refractivity contribution is 5.28. The van der Waals surface area contributed by atoms with Gasteiger partial charge in [-0.3, -0.25) is 4.90 Å². The minimum Gasteiger partial charge on any atom is -0.494 e. The standard InChI is InChI=1S/C28H39FN2O3/c29-26-11-2-3-12-27(26)34-23-28(32)13-7-17-31(19-14-28)22-24-9-6-10-25(21-24)33-20-8-18-30-15-4-1-5-16-30/h2-3,6,9-12,21,32H,1,4-5,7-8,13-20,22-23H2. The minimum atomic E-state index is -0.934. The Balaban J connectivity index is 1.21. The molecule has 2 heterocycles. The molecule has 2 fully saturated rings. The van der Waals surface area contributed by atoms with Gasteiger partial charge in [0.1, 0.15) is 12.4 Å². The lowest BCUT2D eigenvalue weighted by Gasteiger charge is -2.27. The summed E-state index contributed by atoms with van der Waals surface area (Å²) in [6.07, 6.45) is 7.22. The van der Waals surface area contributed by atoms with Crippen LogP contribution in [0.15, 0.2) is 48.5 Å². The minimum absolute atomic E-state index is 0.114. The summed E-state index contributed by atoms with van der Waals surface area (Å²) >= 11 is 0. The summed E-state index contributed by atoms with van der Waals surface area (Å²) < 4.78 is 25.5. The Kier molecular flexibility index (Phi) is 9.19. The van der Waals surface area contributed by atoms with Gasteiger partial charge in [-0.2, -0.15) is 0 Å². The molecule has 4 rings (SSSR count). The zero-order valence-corrected chi connectivity index (χ0v) is 20.3. The third-order valence-corrected chi connectivity index (χ3v) is 6.98. The smallest absolute Gasteiger partial charge is 0.165 e. The van der Waals surface area contributed by atoms with Gasteiger partial charge in [0.05, 0.1) is 12.2 Å². The highest BCUT2D eigenvalue weighted by atomic mass is 19.1. The number of halogens is 1. The molecule has 0 spiro atoms. The van der Waals surface area contributed by atoms with Crippen LogP contribution >= 0.6 is 0 Å². The fraction of sp³-hybridized carbons (Fsp3) is 0.571. The number of hydrogen-bond acceptors (Lipinski definition) is 5. The van der Waals surface area contributed by atoms with E-state index in [0.717, 1.165) is 51.4 Å². The summed E-state index contributed by atoms with van der Waals surface area (Å²) in [5.41, 5.74) is 0.290. The summed E-state index contributed by atoms with van der Waals surface area (Å²) in [5, 5.41) is 11.0. The molecule has 1 unspecified atom stereocenters. The van der Waals surface area contributed by atoms with Gasteiger partial charge in [-0.05, 0) is 88.0 Å². The van der Waals surface area contributed by atoms with E-state index < -0.39 is 11.4 Å². The summed E-state index contributed by atoms with van der Waals surface area (Å²) in [6.45, 7) is 6.97. The fourth-order valence-electron chi connectivity index (χ4n) is 4.96. The second-order valence-electron chi connectivity index (χ2n) is 9.82. The summed E-state index contributed by atoms with van der Waals surface area (Å²) in [7, 11) is 0. The summed E-state index contributed by atoms with van der Waals surface area (Å²) in [6, 6.07) is 14.7. The van der Waals surface area contributed by atoms with Crippen molar-refractivity contribution < 1.29 is 19.0 Å². The number of para-hydroxylation sites is 1. The van der Waals surface area contributed by atoms with E-state index in [2.05, 4.69) is 28.0 Å². The van der Waals surface area contributed by atoms with Crippen LogP contribution in [-0.4, -0.2) is 66.4 Å². The Morgan fingerprint density at radius 2 is 1.68 bits per heavy atom. The van der Waals surface area contributed by atoms with Crippen LogP contribution in [0.2, 0.25) is 0 Å². The number of hydrogen-bond donors (Lipinski definition) is 1. The molecule has 2 aromatic carbocycles. The average molecular weight is 471 g/mol. The van der Waals surface area contributed by atoms with Crippen molar-refractivity contribution in [3.8, 4) is 11.5 Å². The second-order valence-corrected chi connectivity index (χ2v) is 9.82. The number of aliphatic hydroxyl groups is 1. The number of likely N-dealkylation sites (tertiary alicyclic amines) is 2. The Labute approximate surface area is 203 Å². The third kappa shape index (κ3) is 7.69. The molecule has 6 heteroatoms. The number of nitrogens with zero attached hydrogens (tertiary/aromatic N) is 2. The first-order valence-corrected chi connectivity index (χ1v) is 12.9. The van der Waals surface area contributed by atoms with Gasteiger partial charge in [0, 0.05) is 19.6 Å². The lowest BCUT2D eigenvalue weighted by atomic mass is 9.96. The van der Waals surface area contributed by atoms with Gasteiger partial charge in [-0.15, -0.1) is 0 Å². The predicted molar refractivity (Wildman–Crippen MR) is 133 cm³/mol. The zero-order chi connectivity index (χ0) is 23.6. The number of rotatable bonds is 10. The number of ether oxygens (including phenoxy) is 2. The van der Waals surface area contributed by atoms with Crippen LogP contribution in [0.25, 0.3) is 0 Å². The van der Waals surface area contributed by atoms with E-state index in [1.165, 1.54) is 44.0 Å². The van der Waals surface area contributed by atoms with E-state index in [9.17, 15) is 9.50 Å². The van der Waals surface area contributed by atoms with Gasteiger partial charge in [-0.25, -0.2) is 4.39 Å². The second kappa shape index (κ2) is 12.5. The molecule has 186 valence electrons. The summed E-state index contributed by atoms with van der Waals surface area (Å²) in [4.78, 5) is 4.92. The SMILES string of the molecule is OC1(COc2ccccc2F)CCCN(Cc2cccc(OCCCN3CCCCC3)c2)CC1. The zero-order valence-electron chi connectivity index (χ0n) is 20.3. The molecule has 0 saturated carbocycles. The molecule has 0 amide bonds. The quantitative estimate of drug-likeness (QED) is 0.502. The average Bonchev–Trinajstić information content (AvgIpc) is 3.04. The molecule has 0 aromatic heterocycles. The molecule has 2 saturated heterocycles. The molecule has 0 bridgehead atoms. The molecule has 5 nitrogen and oxygen atoms in total. The van der Waals surface area contributed by atoms with Gasteiger partial charge in [0.25, 0.3) is 0 Å². The highest BCUT2D eigenvalue weighted by Crippen LogP contribution is 2.26. The highest BCUT2D eigenvalue weighted by Gasteiger charge is 2.31. The molecular formula is C28H39FN2O3. The van der Waals surface area contributed by atoms with Gasteiger partial charge in [0.15, 0.2) is 11.6 Å². The largest absolute Gasteiger partial charge is 0.494 e. The van der Waals surface area contributed by atoms with E-state index in [4.69, 9.17) is 9.47 Å². The molecule has 2 aliphatic heterocycles. The first-order valence-electron chi connectivity index (χ1n) is 12.9. The van der Waals surface area contributed by atoms with Crippen molar-refractivity contribution in [3.63, 3.8) is 0 Å². The maximum atomic E-state index is 13.8. The van der Waals surface area contributed by atoms with Gasteiger partial charge in [0.2, 0.25) is 0 Å². The van der Waals surface area contributed by atoms with Crippen molar-refractivity contribution in [1.29, 1.82) is 0 Å². The van der Waals surface area contributed by atoms with Gasteiger partial charge < -0.3 is 19.5 Å². The predicted octanol–water partition coefficient (Wildman–Crippen LogP) is 4.88. The Morgan fingerprint density at radius 3 is 2.53 bits per heavy atom. The maximum absolute atomic E-state index is 13.8. The molecular weight excluding hydrogens is 431 g/mol. The molecule has 34 heavy (non-hydrogen) atoms. The van der Waals surface area contributed by atoms with Crippen LogP contribution in [0.3, 0.4) is 0 Å². The Bertz CT molecular complexity index is 889. The monoisotopic (exact) mass is 470 g/mol. The topological polar surface area (TPSA) is 45.2 Å². The molecule has 1 N–H and O–H groups in total. The Hall–Kier alpha value is -2.15. The number of benzene rings is 2. The van der Waals surface area contributed by atoms with Crippen LogP contribution < -0.4 is 9.47 Å². The van der Waals surface area contributed by atoms with Crippen LogP contribution in [0.5, 0.6) is 11.5 Å². The molecule has 2 aromatic rings. The van der Waals surface area contributed by atoms with E-state index in [1.54, 1.807) is 18.2 Å². The van der Waals surface area contributed by atoms with E-state index in [-0.39, 0.29) is 12.4 Å². The lowest BCUT2D eigenvalue weighted by Crippen LogP contribution is -2.37. The fourth-order valence-corrected chi connectivity index (χ4v) is 4.96. The first-order chi connectivity index (χ1) is 16.6. The molecule has 0 radical (unpaired) electrons. The van der Waals surface area contributed by atoms with Gasteiger partial charge in [-0.1, -0.05) is 30.7 Å². The first kappa shape index (κ1) is 25.0. The van der Waals surface area contributed by atoms with Crippen molar-refractivity contribution in [2.45, 2.75) is 57.1 Å². The van der Waals surface area contributed by atoms with Crippen LogP contribution in [0, 0.1) is 5.82 Å². The van der Waals surface area contributed by atoms with Crippen molar-refractivity contribution in [3.05, 3.63) is 59.9 Å². The molecule has 1 atom stereocenters. The molecule has 2 aliphatic rings. The third-order valence-electron chi connectivity index (χ3n) is 6.98.